The fourth-order valence-electron chi connectivity index (χ4n) is 6.66. The molecule has 5 atom stereocenters. The summed E-state index contributed by atoms with van der Waals surface area (Å²) in [7, 11) is 0. The molecule has 4 aromatic carbocycles. The molecule has 0 spiro atoms. The molecule has 5 amide bonds. The van der Waals surface area contributed by atoms with Gasteiger partial charge in [0.25, 0.3) is 0 Å². The van der Waals surface area contributed by atoms with Crippen LogP contribution in [0.3, 0.4) is 0 Å². The number of benzene rings is 4. The van der Waals surface area contributed by atoms with Gasteiger partial charge in [-0.25, -0.2) is 0 Å². The van der Waals surface area contributed by atoms with Crippen molar-refractivity contribution in [3.8, 4) is 0 Å². The van der Waals surface area contributed by atoms with Crippen LogP contribution < -0.4 is 38.5 Å². The first kappa shape index (κ1) is 41.1. The third kappa shape index (κ3) is 11.2. The predicted molar refractivity (Wildman–Crippen MR) is 218 cm³/mol. The van der Waals surface area contributed by atoms with Crippen LogP contribution in [-0.2, 0) is 43.2 Å². The molecule has 11 N–H and O–H groups in total. The van der Waals surface area contributed by atoms with Crippen LogP contribution in [-0.4, -0.2) is 71.3 Å². The second kappa shape index (κ2) is 20.0. The first-order valence-electron chi connectivity index (χ1n) is 19.1. The standard InChI is InChI=1S/C43H52N8O5/c1-2-33(45)40(53)49-37(24-28-19-20-29-14-6-7-15-30(29)22-28)42(55)51-38(25-31-26-47-34-17-9-8-16-32(31)34)43(56)50-36(23-27-12-4-3-5-13-27)41(54)48-35(39(46)52)18-10-11-21-44/h3-9,12-17,19-20,22,26,33,35-38,47H,2,10-11,18,21,23-25,44-45H2,1H3,(H2,46,52)(H,48,54)(H,49,53)(H,50,56)(H,51,55)/t33-,35-,36-,37+,38+/m0/s1. The molecule has 0 aliphatic heterocycles. The lowest BCUT2D eigenvalue weighted by Crippen LogP contribution is -2.59. The van der Waals surface area contributed by atoms with Gasteiger partial charge in [0, 0.05) is 36.4 Å². The second-order valence-electron chi connectivity index (χ2n) is 14.1. The number of amides is 5. The van der Waals surface area contributed by atoms with E-state index < -0.39 is 59.7 Å². The number of nitrogens with one attached hydrogen (secondary N) is 5. The van der Waals surface area contributed by atoms with Gasteiger partial charge in [-0.05, 0) is 65.8 Å². The molecule has 1 heterocycles. The zero-order valence-electron chi connectivity index (χ0n) is 31.6. The van der Waals surface area contributed by atoms with Crippen molar-refractivity contribution in [1.29, 1.82) is 0 Å². The van der Waals surface area contributed by atoms with Crippen molar-refractivity contribution in [2.75, 3.05) is 6.54 Å². The fourth-order valence-corrected chi connectivity index (χ4v) is 6.66. The lowest BCUT2D eigenvalue weighted by Gasteiger charge is -2.27. The number of aromatic amines is 1. The summed E-state index contributed by atoms with van der Waals surface area (Å²) in [5.74, 6) is -3.05. The number of hydrogen-bond donors (Lipinski definition) is 8. The van der Waals surface area contributed by atoms with Gasteiger partial charge >= 0.3 is 0 Å². The van der Waals surface area contributed by atoms with E-state index in [0.29, 0.717) is 25.8 Å². The van der Waals surface area contributed by atoms with Crippen LogP contribution in [0, 0.1) is 0 Å². The van der Waals surface area contributed by atoms with E-state index in [4.69, 9.17) is 17.2 Å². The molecule has 0 fully saturated rings. The third-order valence-electron chi connectivity index (χ3n) is 9.92. The largest absolute Gasteiger partial charge is 0.368 e. The molecule has 13 heteroatoms. The number of H-pyrrole nitrogens is 1. The van der Waals surface area contributed by atoms with E-state index >= 15 is 0 Å². The Bertz CT molecular complexity index is 2120. The molecule has 0 aliphatic carbocycles. The zero-order chi connectivity index (χ0) is 40.0. The number of hydrogen-bond acceptors (Lipinski definition) is 7. The topological polar surface area (TPSA) is 227 Å². The number of unbranched alkanes of at least 4 members (excludes halogenated alkanes) is 1. The average Bonchev–Trinajstić information content (AvgIpc) is 3.62. The van der Waals surface area contributed by atoms with Crippen molar-refractivity contribution in [1.82, 2.24) is 26.3 Å². The van der Waals surface area contributed by atoms with Crippen LogP contribution in [0.5, 0.6) is 0 Å². The number of carbonyl (C=O) groups excluding carboxylic acids is 5. The summed E-state index contributed by atoms with van der Waals surface area (Å²) in [5, 5.41) is 14.2. The van der Waals surface area contributed by atoms with Crippen LogP contribution >= 0.6 is 0 Å². The minimum Gasteiger partial charge on any atom is -0.368 e. The molecular weight excluding hydrogens is 709 g/mol. The van der Waals surface area contributed by atoms with Gasteiger partial charge in [0.1, 0.15) is 24.2 Å². The van der Waals surface area contributed by atoms with Crippen LogP contribution in [0.1, 0.15) is 49.3 Å². The summed E-state index contributed by atoms with van der Waals surface area (Å²) in [6.07, 6.45) is 3.90. The Hall–Kier alpha value is -6.05. The molecule has 0 aliphatic rings. The van der Waals surface area contributed by atoms with Crippen molar-refractivity contribution in [3.63, 3.8) is 0 Å². The minimum absolute atomic E-state index is 0.0510. The second-order valence-corrected chi connectivity index (χ2v) is 14.1. The van der Waals surface area contributed by atoms with Crippen molar-refractivity contribution in [2.45, 2.75) is 82.1 Å². The highest BCUT2D eigenvalue weighted by Gasteiger charge is 2.32. The SMILES string of the molecule is CC[C@H](N)C(=O)N[C@H](Cc1ccc2ccccc2c1)C(=O)N[C@H](Cc1c[nH]c2ccccc12)C(=O)N[C@@H](Cc1ccccc1)C(=O)N[C@@H](CCCCN)C(N)=O. The molecule has 0 bridgehead atoms. The Labute approximate surface area is 326 Å². The molecule has 0 saturated carbocycles. The number of rotatable bonds is 20. The molecule has 0 unspecified atom stereocenters. The number of aromatic nitrogens is 1. The van der Waals surface area contributed by atoms with E-state index in [1.54, 1.807) is 13.1 Å². The molecule has 1 aromatic heterocycles. The van der Waals surface area contributed by atoms with Crippen LogP contribution in [0.15, 0.2) is 103 Å². The fraction of sp³-hybridized carbons (Fsp3) is 0.326. The van der Waals surface area contributed by atoms with Gasteiger partial charge in [-0.2, -0.15) is 0 Å². The number of nitrogens with two attached hydrogens (primary N) is 3. The number of para-hydroxylation sites is 1. The summed E-state index contributed by atoms with van der Waals surface area (Å²) in [5.41, 5.74) is 20.5. The van der Waals surface area contributed by atoms with E-state index in [1.807, 2.05) is 97.1 Å². The van der Waals surface area contributed by atoms with E-state index in [-0.39, 0.29) is 25.7 Å². The number of primary amides is 1. The van der Waals surface area contributed by atoms with E-state index in [2.05, 4.69) is 26.3 Å². The van der Waals surface area contributed by atoms with Gasteiger partial charge in [0.05, 0.1) is 6.04 Å². The molecule has 13 nitrogen and oxygen atoms in total. The van der Waals surface area contributed by atoms with Gasteiger partial charge in [0.2, 0.25) is 29.5 Å². The lowest BCUT2D eigenvalue weighted by molar-refractivity contribution is -0.134. The number of fused-ring (bicyclic) bond motifs is 2. The first-order chi connectivity index (χ1) is 27.1. The first-order valence-corrected chi connectivity index (χ1v) is 19.1. The maximum absolute atomic E-state index is 14.5. The monoisotopic (exact) mass is 760 g/mol. The van der Waals surface area contributed by atoms with Gasteiger partial charge in [-0.1, -0.05) is 97.9 Å². The molecule has 5 rings (SSSR count). The van der Waals surface area contributed by atoms with E-state index in [1.165, 1.54) is 0 Å². The molecule has 56 heavy (non-hydrogen) atoms. The van der Waals surface area contributed by atoms with Crippen molar-refractivity contribution in [2.24, 2.45) is 17.2 Å². The summed E-state index contributed by atoms with van der Waals surface area (Å²) in [6, 6.07) is 25.1. The van der Waals surface area contributed by atoms with Crippen LogP contribution in [0.4, 0.5) is 0 Å². The maximum Gasteiger partial charge on any atom is 0.243 e. The highest BCUT2D eigenvalue weighted by atomic mass is 16.2. The van der Waals surface area contributed by atoms with E-state index in [9.17, 15) is 24.0 Å². The normalized spacial score (nSPS) is 13.9. The summed E-state index contributed by atoms with van der Waals surface area (Å²) >= 11 is 0. The van der Waals surface area contributed by atoms with Crippen molar-refractivity contribution in [3.05, 3.63) is 120 Å². The zero-order valence-corrected chi connectivity index (χ0v) is 31.6. The Morgan fingerprint density at radius 2 is 1.20 bits per heavy atom. The van der Waals surface area contributed by atoms with Gasteiger partial charge in [-0.15, -0.1) is 0 Å². The van der Waals surface area contributed by atoms with Crippen LogP contribution in [0.2, 0.25) is 0 Å². The van der Waals surface area contributed by atoms with Crippen LogP contribution in [0.25, 0.3) is 21.7 Å². The third-order valence-corrected chi connectivity index (χ3v) is 9.92. The van der Waals surface area contributed by atoms with Gasteiger partial charge < -0.3 is 43.5 Å². The quantitative estimate of drug-likeness (QED) is 0.0553. The maximum atomic E-state index is 14.5. The smallest absolute Gasteiger partial charge is 0.243 e. The Morgan fingerprint density at radius 3 is 1.86 bits per heavy atom. The molecular formula is C43H52N8O5. The number of carbonyl (C=O) groups is 5. The lowest BCUT2D eigenvalue weighted by atomic mass is 9.99. The van der Waals surface area contributed by atoms with Crippen molar-refractivity contribution < 1.29 is 24.0 Å². The Morgan fingerprint density at radius 1 is 0.625 bits per heavy atom. The summed E-state index contributed by atoms with van der Waals surface area (Å²) in [4.78, 5) is 71.4. The predicted octanol–water partition coefficient (Wildman–Crippen LogP) is 2.64. The highest BCUT2D eigenvalue weighted by molar-refractivity contribution is 5.96. The molecule has 0 radical (unpaired) electrons. The summed E-state index contributed by atoms with van der Waals surface area (Å²) in [6.45, 7) is 2.20. The van der Waals surface area contributed by atoms with E-state index in [0.717, 1.165) is 38.4 Å². The molecule has 0 saturated heterocycles. The molecule has 5 aromatic rings. The average molecular weight is 761 g/mol. The Balaban J connectivity index is 1.45. The molecule has 294 valence electrons. The Kier molecular flexibility index (Phi) is 14.7. The van der Waals surface area contributed by atoms with Gasteiger partial charge in [-0.3, -0.25) is 24.0 Å². The highest BCUT2D eigenvalue weighted by Crippen LogP contribution is 2.21. The summed E-state index contributed by atoms with van der Waals surface area (Å²) < 4.78 is 0. The minimum atomic E-state index is -1.19. The van der Waals surface area contributed by atoms with Gasteiger partial charge in [0.15, 0.2) is 0 Å². The van der Waals surface area contributed by atoms with Crippen molar-refractivity contribution >= 4 is 51.2 Å².